The number of nitrogens with zero attached hydrogens (tertiary/aromatic N) is 3. The molecule has 7 nitrogen and oxygen atoms in total. The summed E-state index contributed by atoms with van der Waals surface area (Å²) in [5.41, 5.74) is 0.657. The van der Waals surface area contributed by atoms with Crippen LogP contribution in [-0.4, -0.2) is 47.9 Å². The van der Waals surface area contributed by atoms with Gasteiger partial charge in [-0.3, -0.25) is 0 Å². The average Bonchev–Trinajstić information content (AvgIpc) is 3.06. The Labute approximate surface area is 206 Å². The second-order valence-electron chi connectivity index (χ2n) is 9.22. The number of nitrogens with one attached hydrogen (secondary N) is 1. The number of aromatic nitrogens is 1. The summed E-state index contributed by atoms with van der Waals surface area (Å²) < 4.78 is 47.5. The van der Waals surface area contributed by atoms with Gasteiger partial charge in [0.2, 0.25) is 0 Å². The normalized spacial score (nSPS) is 25.7. The highest BCUT2D eigenvalue weighted by atomic mass is 35.5. The summed E-state index contributed by atoms with van der Waals surface area (Å²) in [6.45, 7) is 3.91. The lowest BCUT2D eigenvalue weighted by atomic mass is 9.82. The molecule has 2 aromatic rings. The Morgan fingerprint density at radius 1 is 1.26 bits per heavy atom. The summed E-state index contributed by atoms with van der Waals surface area (Å²) in [4.78, 5) is 17.7. The molecule has 1 aromatic heterocycles. The second kappa shape index (κ2) is 9.73. The van der Waals surface area contributed by atoms with E-state index in [-0.39, 0.29) is 6.10 Å². The summed E-state index contributed by atoms with van der Waals surface area (Å²) in [6.07, 6.45) is -1.89. The van der Waals surface area contributed by atoms with E-state index in [1.807, 2.05) is 0 Å². The van der Waals surface area contributed by atoms with Crippen molar-refractivity contribution >= 4 is 29.1 Å². The largest absolute Gasteiger partial charge is 0.550 e. The number of rotatable bonds is 6. The lowest BCUT2D eigenvalue weighted by molar-refractivity contribution is -0.306. The second-order valence-corrected chi connectivity index (χ2v) is 9.63. The molecule has 35 heavy (non-hydrogen) atoms. The van der Waals surface area contributed by atoms with Crippen LogP contribution in [-0.2, 0) is 4.79 Å². The molecule has 190 valence electrons. The summed E-state index contributed by atoms with van der Waals surface area (Å²) >= 11 is 6.24. The number of carbonyl (C=O) groups is 1. The van der Waals surface area contributed by atoms with Gasteiger partial charge in [0, 0.05) is 50.4 Å². The van der Waals surface area contributed by atoms with Gasteiger partial charge in [0.1, 0.15) is 23.2 Å². The molecule has 2 aliphatic heterocycles. The lowest BCUT2D eigenvalue weighted by Crippen LogP contribution is -2.56. The minimum Gasteiger partial charge on any atom is -0.550 e. The van der Waals surface area contributed by atoms with E-state index in [4.69, 9.17) is 16.3 Å². The van der Waals surface area contributed by atoms with Gasteiger partial charge in [-0.25, -0.2) is 10.4 Å². The number of piperidine rings is 1. The SMILES string of the molecule is C[C@H]1[C@H](CC(=O)[O-])N(c2ccc(OC3CCN(c4ncccc4Cl)CC3)cc2)NC1(C)C(F)(F)F. The fourth-order valence-electron chi connectivity index (χ4n) is 4.73. The molecule has 0 radical (unpaired) electrons. The molecule has 0 aliphatic carbocycles. The molecule has 4 rings (SSSR count). The van der Waals surface area contributed by atoms with Gasteiger partial charge >= 0.3 is 6.18 Å². The number of hydrazine groups is 1. The first-order valence-electron chi connectivity index (χ1n) is 11.5. The van der Waals surface area contributed by atoms with E-state index in [9.17, 15) is 23.1 Å². The number of hydrogen-bond acceptors (Lipinski definition) is 7. The zero-order valence-corrected chi connectivity index (χ0v) is 20.1. The third-order valence-corrected chi connectivity index (χ3v) is 7.33. The molecule has 1 unspecified atom stereocenters. The van der Waals surface area contributed by atoms with Crippen molar-refractivity contribution in [2.24, 2.45) is 5.92 Å². The Morgan fingerprint density at radius 2 is 1.91 bits per heavy atom. The number of hydrogen-bond donors (Lipinski definition) is 1. The fraction of sp³-hybridized carbons (Fsp3) is 0.500. The summed E-state index contributed by atoms with van der Waals surface area (Å²) in [6, 6.07) is 9.28. The first kappa shape index (κ1) is 25.4. The van der Waals surface area contributed by atoms with Crippen LogP contribution in [0.2, 0.25) is 5.02 Å². The number of alkyl halides is 3. The first-order chi connectivity index (χ1) is 16.5. The van der Waals surface area contributed by atoms with E-state index in [1.165, 1.54) is 11.9 Å². The maximum absolute atomic E-state index is 13.8. The molecule has 1 N–H and O–H groups in total. The monoisotopic (exact) mass is 511 g/mol. The first-order valence-corrected chi connectivity index (χ1v) is 11.8. The number of anilines is 2. The van der Waals surface area contributed by atoms with Crippen LogP contribution in [0, 0.1) is 5.92 Å². The van der Waals surface area contributed by atoms with E-state index < -0.39 is 36.1 Å². The zero-order valence-electron chi connectivity index (χ0n) is 19.4. The van der Waals surface area contributed by atoms with E-state index in [2.05, 4.69) is 15.3 Å². The minimum absolute atomic E-state index is 0.0242. The van der Waals surface area contributed by atoms with E-state index in [0.717, 1.165) is 38.7 Å². The Hall–Kier alpha value is -2.72. The van der Waals surface area contributed by atoms with Gasteiger partial charge in [0.05, 0.1) is 16.8 Å². The van der Waals surface area contributed by atoms with Gasteiger partial charge < -0.3 is 24.5 Å². The molecule has 1 aromatic carbocycles. The standard InChI is InChI=1S/C24H28ClF3N4O3/c1-15-20(14-21(33)34)32(30-23(15,2)24(26,27)28)16-5-7-17(8-6-16)35-18-9-12-31(13-10-18)22-19(25)4-3-11-29-22/h3-8,11,15,18,20,30H,9-10,12-14H2,1-2H3,(H,33,34)/p-1/t15-,20-,23?/m0/s1. The van der Waals surface area contributed by atoms with Crippen molar-refractivity contribution in [3.63, 3.8) is 0 Å². The van der Waals surface area contributed by atoms with Crippen molar-refractivity contribution in [2.45, 2.75) is 57.0 Å². The number of benzene rings is 1. The topological polar surface area (TPSA) is 80.8 Å². The zero-order chi connectivity index (χ0) is 25.4. The van der Waals surface area contributed by atoms with Gasteiger partial charge in [-0.1, -0.05) is 18.5 Å². The van der Waals surface area contributed by atoms with E-state index >= 15 is 0 Å². The molecule has 0 bridgehead atoms. The molecule has 2 aliphatic rings. The molecule has 0 spiro atoms. The van der Waals surface area contributed by atoms with Crippen LogP contribution < -0.4 is 25.2 Å². The lowest BCUT2D eigenvalue weighted by Gasteiger charge is -2.33. The van der Waals surface area contributed by atoms with Crippen LogP contribution in [0.5, 0.6) is 5.75 Å². The summed E-state index contributed by atoms with van der Waals surface area (Å²) in [5, 5.41) is 13.2. The molecule has 2 fully saturated rings. The highest BCUT2D eigenvalue weighted by molar-refractivity contribution is 6.32. The van der Waals surface area contributed by atoms with Gasteiger partial charge in [0.15, 0.2) is 0 Å². The van der Waals surface area contributed by atoms with Crippen LogP contribution in [0.25, 0.3) is 0 Å². The Kier molecular flexibility index (Phi) is 7.06. The van der Waals surface area contributed by atoms with Gasteiger partial charge in [-0.05, 0) is 43.3 Å². The number of carbonyl (C=O) groups excluding carboxylic acids is 1. The van der Waals surface area contributed by atoms with E-state index in [1.54, 1.807) is 42.6 Å². The Balaban J connectivity index is 1.42. The van der Waals surface area contributed by atoms with Crippen LogP contribution in [0.15, 0.2) is 42.6 Å². The smallest absolute Gasteiger partial charge is 0.408 e. The maximum Gasteiger partial charge on any atom is 0.408 e. The van der Waals surface area contributed by atoms with Crippen molar-refractivity contribution in [1.29, 1.82) is 0 Å². The molecule has 0 saturated carbocycles. The van der Waals surface area contributed by atoms with Crippen molar-refractivity contribution in [3.8, 4) is 5.75 Å². The highest BCUT2D eigenvalue weighted by Gasteiger charge is 2.62. The molecular weight excluding hydrogens is 485 g/mol. The molecule has 0 amide bonds. The highest BCUT2D eigenvalue weighted by Crippen LogP contribution is 2.45. The van der Waals surface area contributed by atoms with E-state index in [0.29, 0.717) is 16.5 Å². The van der Waals surface area contributed by atoms with Gasteiger partial charge in [-0.15, -0.1) is 0 Å². The number of aliphatic carboxylic acids is 1. The third-order valence-electron chi connectivity index (χ3n) is 7.04. The molecule has 3 heterocycles. The Bertz CT molecular complexity index is 1050. The number of carboxylic acids is 1. The van der Waals surface area contributed by atoms with Crippen molar-refractivity contribution in [1.82, 2.24) is 10.4 Å². The van der Waals surface area contributed by atoms with Crippen LogP contribution in [0.1, 0.15) is 33.1 Å². The predicted octanol–water partition coefficient (Wildman–Crippen LogP) is 3.57. The maximum atomic E-state index is 13.8. The third kappa shape index (κ3) is 5.13. The summed E-state index contributed by atoms with van der Waals surface area (Å²) in [5.74, 6) is -1.08. The van der Waals surface area contributed by atoms with Crippen molar-refractivity contribution < 1.29 is 27.8 Å². The van der Waals surface area contributed by atoms with Crippen LogP contribution in [0.4, 0.5) is 24.7 Å². The van der Waals surface area contributed by atoms with Gasteiger partial charge in [0.25, 0.3) is 0 Å². The minimum atomic E-state index is -4.57. The van der Waals surface area contributed by atoms with Crippen molar-refractivity contribution in [2.75, 3.05) is 23.0 Å². The number of carboxylic acid groups (broad SMARTS) is 1. The quantitative estimate of drug-likeness (QED) is 0.635. The van der Waals surface area contributed by atoms with Gasteiger partial charge in [-0.2, -0.15) is 13.2 Å². The number of halogens is 4. The Morgan fingerprint density at radius 3 is 2.49 bits per heavy atom. The summed E-state index contributed by atoms with van der Waals surface area (Å²) in [7, 11) is 0. The average molecular weight is 512 g/mol. The molecule has 2 saturated heterocycles. The van der Waals surface area contributed by atoms with Crippen LogP contribution >= 0.6 is 11.6 Å². The number of pyridine rings is 1. The van der Waals surface area contributed by atoms with Crippen LogP contribution in [0.3, 0.4) is 0 Å². The molecule has 3 atom stereocenters. The number of ether oxygens (including phenoxy) is 1. The fourth-order valence-corrected chi connectivity index (χ4v) is 4.97. The molecule has 11 heteroatoms. The predicted molar refractivity (Wildman–Crippen MR) is 124 cm³/mol. The van der Waals surface area contributed by atoms with Crippen molar-refractivity contribution in [3.05, 3.63) is 47.6 Å². The molecular formula is C24H27ClF3N4O3-.